The third-order valence-corrected chi connectivity index (χ3v) is 22.6. The van der Waals surface area contributed by atoms with Crippen LogP contribution in [0.1, 0.15) is 243 Å². The van der Waals surface area contributed by atoms with Crippen LogP contribution in [0.25, 0.3) is 0 Å². The van der Waals surface area contributed by atoms with E-state index < -0.39 is 11.9 Å². The van der Waals surface area contributed by atoms with Gasteiger partial charge in [-0.3, -0.25) is 9.59 Å². The zero-order chi connectivity index (χ0) is 94.9. The summed E-state index contributed by atoms with van der Waals surface area (Å²) in [4.78, 5) is 58.3. The Morgan fingerprint density at radius 1 is 0.371 bits per heavy atom. The third kappa shape index (κ3) is 32.5. The van der Waals surface area contributed by atoms with Crippen LogP contribution in [0.4, 0.5) is 47.1 Å². The average Bonchev–Trinajstić information content (AvgIpc) is 1.28. The second kappa shape index (κ2) is 53.5. The molecule has 0 bridgehead atoms. The van der Waals surface area contributed by atoms with Gasteiger partial charge in [0, 0.05) is 134 Å². The molecule has 0 aliphatic carbocycles. The summed E-state index contributed by atoms with van der Waals surface area (Å²) in [6.45, 7) is 16.9. The van der Waals surface area contributed by atoms with Crippen molar-refractivity contribution in [2.45, 2.75) is 234 Å². The Morgan fingerprint density at radius 2 is 0.629 bits per heavy atom. The number of aliphatic carboxylic acids is 2. The van der Waals surface area contributed by atoms with Crippen molar-refractivity contribution in [2.24, 2.45) is 0 Å². The van der Waals surface area contributed by atoms with E-state index in [0.717, 1.165) is 194 Å². The first-order valence-electron chi connectivity index (χ1n) is 44.4. The molecule has 0 aliphatic heterocycles. The highest BCUT2D eigenvalue weighted by molar-refractivity contribution is 7.98. The van der Waals surface area contributed by atoms with Crippen molar-refractivity contribution in [2.75, 3.05) is 98.4 Å². The molecule has 42 heteroatoms. The lowest BCUT2D eigenvalue weighted by Gasteiger charge is -2.22. The van der Waals surface area contributed by atoms with Crippen molar-refractivity contribution in [1.29, 1.82) is 0 Å². The Kier molecular flexibility index (Phi) is 41.3. The van der Waals surface area contributed by atoms with Gasteiger partial charge in [0.25, 0.3) is 0 Å². The van der Waals surface area contributed by atoms with E-state index in [0.29, 0.717) is 112 Å². The van der Waals surface area contributed by atoms with Crippen molar-refractivity contribution in [3.63, 3.8) is 0 Å². The number of aryl methyl sites for hydroxylation is 4. The number of methoxy groups -OCH3 is 5. The molecule has 4 atom stereocenters. The Labute approximate surface area is 773 Å². The number of hydrogen-bond acceptors (Lipinski definition) is 36. The lowest BCUT2D eigenvalue weighted by atomic mass is 9.99. The van der Waals surface area contributed by atoms with Gasteiger partial charge in [-0.15, -0.1) is 40.8 Å². The second-order valence-electron chi connectivity index (χ2n) is 32.0. The number of rotatable bonds is 50. The van der Waals surface area contributed by atoms with Gasteiger partial charge in [0.2, 0.25) is 23.8 Å². The number of aromatic nitrogens is 24. The number of unbranched alkanes of at least 4 members (excludes halogenated alkanes) is 4. The van der Waals surface area contributed by atoms with Crippen molar-refractivity contribution < 1.29 is 43.5 Å². The van der Waals surface area contributed by atoms with Gasteiger partial charge in [0.1, 0.15) is 46.3 Å². The molecule has 8 aromatic heterocycles. The number of carboxylic acids is 2. The van der Waals surface area contributed by atoms with E-state index >= 15 is 0 Å². The van der Waals surface area contributed by atoms with Crippen molar-refractivity contribution in [1.82, 2.24) is 122 Å². The van der Waals surface area contributed by atoms with Gasteiger partial charge in [-0.1, -0.05) is 148 Å². The molecule has 708 valence electrons. The number of nitrogens with one attached hydrogen (secondary N) is 8. The van der Waals surface area contributed by atoms with Gasteiger partial charge in [-0.05, 0) is 147 Å². The minimum atomic E-state index is -0.861. The number of carboxylic acid groups (broad SMARTS) is 2. The summed E-state index contributed by atoms with van der Waals surface area (Å²) < 4.78 is 27.8. The van der Waals surface area contributed by atoms with Crippen LogP contribution in [-0.2, 0) is 65.7 Å². The number of benzene rings is 4. The molecule has 4 aromatic carbocycles. The number of nitrogens with two attached hydrogens (primary N) is 4. The summed E-state index contributed by atoms with van der Waals surface area (Å²) in [5.74, 6) is 8.42. The Morgan fingerprint density at radius 3 is 0.856 bits per heavy atom. The molecule has 0 unspecified atom stereocenters. The van der Waals surface area contributed by atoms with Gasteiger partial charge >= 0.3 is 11.9 Å². The van der Waals surface area contributed by atoms with E-state index in [-0.39, 0.29) is 54.8 Å². The molecule has 12 rings (SSSR count). The first-order chi connectivity index (χ1) is 63.8. The summed E-state index contributed by atoms with van der Waals surface area (Å²) in [5, 5.41) is 89.4. The predicted octanol–water partition coefficient (Wildman–Crippen LogP) is 11.9. The topological polar surface area (TPSA) is 594 Å². The van der Waals surface area contributed by atoms with Gasteiger partial charge < -0.3 is 78.1 Å². The minimum absolute atomic E-state index is 0.00803. The van der Waals surface area contributed by atoms with Crippen LogP contribution >= 0.6 is 11.8 Å². The Bertz CT molecular complexity index is 5160. The maximum absolute atomic E-state index is 11.4. The third-order valence-electron chi connectivity index (χ3n) is 21.9. The number of H-pyrrole nitrogens is 4. The fraction of sp³-hybridized carbons (Fsp3) is 0.489. The summed E-state index contributed by atoms with van der Waals surface area (Å²) in [7, 11) is 8.33. The molecule has 18 N–H and O–H groups in total. The highest BCUT2D eigenvalue weighted by Gasteiger charge is 2.26. The number of thioether (sulfide) groups is 1. The van der Waals surface area contributed by atoms with Crippen LogP contribution in [0, 0.1) is 27.7 Å². The van der Waals surface area contributed by atoms with E-state index in [2.05, 4.69) is 190 Å². The SMILES string of the molecule is CCCC[C@@H](CC(=O)O)Nc1nc(N)nc(C)c1Cc1cc(Cc2nn[nH]n2)ccc1OC.CCCC[C@@H](CCOC)Nc1nc(N)nc(C)c1Cc1cc(Cc2nn[nH]n2)ccc1OC.CCCC[C@@H](CCSC)Nc1nc(N)nc(C)c1Cc1cc(Cc2nn[nH]n2)ccc1OC.CCCC[C@H](CC(=O)O)Nc1nc(N)nc(C)c1Cc1cc(Cc2nn[nH]n2)ccc1OC. The number of nitrogens with zero attached hydrogens (tertiary/aromatic N) is 20. The molecule has 0 spiro atoms. The van der Waals surface area contributed by atoms with Gasteiger partial charge in [-0.25, -0.2) is 19.9 Å². The van der Waals surface area contributed by atoms with E-state index in [4.69, 9.17) is 46.6 Å². The number of tetrazole rings is 4. The molecular weight excluding hydrogens is 1710 g/mol. The molecule has 12 aromatic rings. The lowest BCUT2D eigenvalue weighted by molar-refractivity contribution is -0.138. The fourth-order valence-corrected chi connectivity index (χ4v) is 15.7. The van der Waals surface area contributed by atoms with E-state index in [9.17, 15) is 19.8 Å². The van der Waals surface area contributed by atoms with Crippen LogP contribution in [0.2, 0.25) is 0 Å². The molecule has 0 amide bonds. The number of aromatic amines is 4. The number of anilines is 8. The smallest absolute Gasteiger partial charge is 0.305 e. The molecule has 0 radical (unpaired) electrons. The molecule has 0 saturated heterocycles. The van der Waals surface area contributed by atoms with Crippen LogP contribution in [-0.4, -0.2) is 223 Å². The highest BCUT2D eigenvalue weighted by atomic mass is 32.2. The molecule has 0 aliphatic rings. The minimum Gasteiger partial charge on any atom is -0.496 e. The van der Waals surface area contributed by atoms with Crippen molar-refractivity contribution >= 4 is 70.8 Å². The largest absolute Gasteiger partial charge is 0.496 e. The Hall–Kier alpha value is -13.7. The van der Waals surface area contributed by atoms with Crippen molar-refractivity contribution in [3.05, 3.63) is 186 Å². The summed E-state index contributed by atoms with van der Waals surface area (Å²) in [6.07, 6.45) is 20.4. The first kappa shape index (κ1) is 102. The molecule has 0 saturated carbocycles. The van der Waals surface area contributed by atoms with Crippen molar-refractivity contribution in [3.8, 4) is 23.0 Å². The summed E-state index contributed by atoms with van der Waals surface area (Å²) >= 11 is 1.86. The Balaban J connectivity index is 0.000000198. The zero-order valence-electron chi connectivity index (χ0n) is 78.0. The molecule has 41 nitrogen and oxygen atoms in total. The molecular formula is C90H128N32O9S. The predicted molar refractivity (Wildman–Crippen MR) is 508 cm³/mol. The standard InChI is InChI=1S/C23H34N8O2.C23H34N8OS.2C22H30N8O3/c1-5-6-7-18(10-11-32-3)26-22-19(15(2)25-23(24)27-22)14-17-12-16(8-9-20(17)33-4)13-21-28-30-31-29-21;1-5-6-7-18(10-11-33-4)26-22-19(15(2)25-23(24)27-22)14-17-12-16(8-9-20(17)32-3)13-21-28-30-31-29-21;2*1-4-5-6-16(12-20(31)32)25-21-17(13(2)24-22(23)26-21)11-15-9-14(7-8-18(15)33-3)10-19-27-29-30-28-19/h2*8-9,12,18H,5-7,10-11,13-14H2,1-4H3,(H3,24,25,26,27)(H,28,29,30,31);2*7-9,16H,4-6,10-12H2,1-3H3,(H,31,32)(H3,23,24,25,26)(H,27,28,29,30)/t2*18-;2*16-/m0010/s1. The zero-order valence-corrected chi connectivity index (χ0v) is 78.9. The molecule has 0 fully saturated rings. The fourth-order valence-electron chi connectivity index (χ4n) is 15.2. The summed E-state index contributed by atoms with van der Waals surface area (Å²) in [6, 6.07) is 24.0. The summed E-state index contributed by atoms with van der Waals surface area (Å²) in [5.41, 5.74) is 38.9. The normalized spacial score (nSPS) is 11.9. The number of ether oxygens (including phenoxy) is 5. The van der Waals surface area contributed by atoms with Gasteiger partial charge in [-0.2, -0.15) is 52.6 Å². The maximum atomic E-state index is 11.4. The molecule has 132 heavy (non-hydrogen) atoms. The first-order valence-corrected chi connectivity index (χ1v) is 45.8. The average molecular weight is 1830 g/mol. The monoisotopic (exact) mass is 1830 g/mol. The van der Waals surface area contributed by atoms with Gasteiger partial charge in [0.05, 0.1) is 41.3 Å². The number of carbonyl (C=O) groups is 2. The highest BCUT2D eigenvalue weighted by Crippen LogP contribution is 2.35. The number of hydrogen-bond donors (Lipinski definition) is 14. The second-order valence-corrected chi connectivity index (χ2v) is 33.0. The molecule has 8 heterocycles. The van der Waals surface area contributed by atoms with E-state index in [1.807, 2.05) is 100 Å². The lowest BCUT2D eigenvalue weighted by Crippen LogP contribution is -2.25. The van der Waals surface area contributed by atoms with E-state index in [1.165, 1.54) is 12.8 Å². The van der Waals surface area contributed by atoms with E-state index in [1.54, 1.807) is 35.5 Å². The quantitative estimate of drug-likeness (QED) is 0.0168. The van der Waals surface area contributed by atoms with Crippen LogP contribution < -0.4 is 63.1 Å². The van der Waals surface area contributed by atoms with Crippen LogP contribution in [0.15, 0.2) is 72.8 Å². The van der Waals surface area contributed by atoms with Gasteiger partial charge in [0.15, 0.2) is 23.3 Å². The van der Waals surface area contributed by atoms with Crippen LogP contribution in [0.3, 0.4) is 0 Å². The maximum Gasteiger partial charge on any atom is 0.305 e. The number of nitrogen functional groups attached to an aromatic ring is 4. The van der Waals surface area contributed by atoms with Crippen LogP contribution in [0.5, 0.6) is 23.0 Å².